The predicted octanol–water partition coefficient (Wildman–Crippen LogP) is 5.12. The average Bonchev–Trinajstić information content (AvgIpc) is 3.16. The molecule has 1 fully saturated rings. The molecule has 6 heteroatoms. The van der Waals surface area contributed by atoms with Gasteiger partial charge in [-0.3, -0.25) is 9.59 Å². The van der Waals surface area contributed by atoms with Crippen molar-refractivity contribution in [1.29, 1.82) is 0 Å². The first-order chi connectivity index (χ1) is 17.8. The van der Waals surface area contributed by atoms with E-state index in [1.807, 2.05) is 80.5 Å². The molecule has 1 saturated heterocycles. The maximum Gasteiger partial charge on any atom is 0.295 e. The number of likely N-dealkylation sites (N-methyl/N-ethyl adjacent to an activating group) is 1. The zero-order valence-corrected chi connectivity index (χ0v) is 21.9. The van der Waals surface area contributed by atoms with Crippen LogP contribution in [0.1, 0.15) is 40.8 Å². The molecule has 0 radical (unpaired) electrons. The number of hydrogen-bond donors (Lipinski definition) is 1. The van der Waals surface area contributed by atoms with Crippen LogP contribution >= 0.6 is 0 Å². The fourth-order valence-corrected chi connectivity index (χ4v) is 4.55. The molecule has 0 aromatic heterocycles. The zero-order chi connectivity index (χ0) is 26.5. The molecule has 192 valence electrons. The van der Waals surface area contributed by atoms with Crippen LogP contribution in [0.4, 0.5) is 0 Å². The molecule has 37 heavy (non-hydrogen) atoms. The van der Waals surface area contributed by atoms with Crippen LogP contribution in [0.15, 0.2) is 78.4 Å². The van der Waals surface area contributed by atoms with Crippen LogP contribution in [0.25, 0.3) is 5.76 Å². The molecule has 1 unspecified atom stereocenters. The predicted molar refractivity (Wildman–Crippen MR) is 145 cm³/mol. The summed E-state index contributed by atoms with van der Waals surface area (Å²) >= 11 is 0. The van der Waals surface area contributed by atoms with Crippen molar-refractivity contribution in [2.45, 2.75) is 32.9 Å². The highest BCUT2D eigenvalue weighted by molar-refractivity contribution is 6.46. The summed E-state index contributed by atoms with van der Waals surface area (Å²) in [5, 5.41) is 11.4. The number of Topliss-reactive ketones (excluding diaryl/α,β-unsaturated/α-hetero) is 1. The number of carbonyl (C=O) groups excluding carboxylic acids is 2. The Labute approximate surface area is 218 Å². The van der Waals surface area contributed by atoms with Crippen molar-refractivity contribution in [3.8, 4) is 5.75 Å². The van der Waals surface area contributed by atoms with E-state index >= 15 is 0 Å². The molecule has 1 aliphatic heterocycles. The highest BCUT2D eigenvalue weighted by Gasteiger charge is 2.45. The SMILES string of the molecule is CCc1ccc(C2C(=C(O)c3ccc(OCc4ccccc4)c(C)c3)C(=O)C(=O)N2CCN(C)C)cc1. The number of carbonyl (C=O) groups is 2. The van der Waals surface area contributed by atoms with Gasteiger partial charge in [0.2, 0.25) is 0 Å². The fraction of sp³-hybridized carbons (Fsp3) is 0.290. The van der Waals surface area contributed by atoms with Crippen LogP contribution in [-0.4, -0.2) is 53.8 Å². The molecule has 1 atom stereocenters. The molecule has 1 aliphatic rings. The Bertz CT molecular complexity index is 1300. The standard InChI is InChI=1S/C31H34N2O4/c1-5-22-11-13-24(14-12-22)28-27(30(35)31(36)33(28)18-17-32(3)4)29(34)25-15-16-26(21(2)19-25)37-20-23-9-7-6-8-10-23/h6-16,19,28,34H,5,17-18,20H2,1-4H3. The molecule has 0 spiro atoms. The number of aliphatic hydroxyl groups excluding tert-OH is 1. The van der Waals surface area contributed by atoms with Crippen LogP contribution in [0.2, 0.25) is 0 Å². The van der Waals surface area contributed by atoms with Gasteiger partial charge < -0.3 is 19.6 Å². The summed E-state index contributed by atoms with van der Waals surface area (Å²) in [6.45, 7) is 5.38. The quantitative estimate of drug-likeness (QED) is 0.252. The Morgan fingerprint density at radius 3 is 2.30 bits per heavy atom. The summed E-state index contributed by atoms with van der Waals surface area (Å²) < 4.78 is 5.97. The monoisotopic (exact) mass is 498 g/mol. The smallest absolute Gasteiger partial charge is 0.295 e. The van der Waals surface area contributed by atoms with Gasteiger partial charge in [0.15, 0.2) is 0 Å². The van der Waals surface area contributed by atoms with Crippen molar-refractivity contribution in [1.82, 2.24) is 9.80 Å². The van der Waals surface area contributed by atoms with Gasteiger partial charge in [0.25, 0.3) is 11.7 Å². The fourth-order valence-electron chi connectivity index (χ4n) is 4.55. The molecule has 1 heterocycles. The van der Waals surface area contributed by atoms with Gasteiger partial charge in [0, 0.05) is 18.7 Å². The van der Waals surface area contributed by atoms with Gasteiger partial charge >= 0.3 is 0 Å². The average molecular weight is 499 g/mol. The summed E-state index contributed by atoms with van der Waals surface area (Å²) in [7, 11) is 3.84. The summed E-state index contributed by atoms with van der Waals surface area (Å²) in [6, 6.07) is 22.4. The van der Waals surface area contributed by atoms with Crippen LogP contribution < -0.4 is 4.74 Å². The molecule has 0 aliphatic carbocycles. The maximum absolute atomic E-state index is 13.2. The maximum atomic E-state index is 13.2. The van der Waals surface area contributed by atoms with Crippen molar-refractivity contribution in [2.24, 2.45) is 0 Å². The molecular formula is C31H34N2O4. The van der Waals surface area contributed by atoms with Crippen molar-refractivity contribution in [3.05, 3.63) is 106 Å². The lowest BCUT2D eigenvalue weighted by molar-refractivity contribution is -0.140. The van der Waals surface area contributed by atoms with Gasteiger partial charge in [-0.15, -0.1) is 0 Å². The van der Waals surface area contributed by atoms with Crippen LogP contribution in [0.5, 0.6) is 5.75 Å². The normalized spacial score (nSPS) is 17.0. The topological polar surface area (TPSA) is 70.1 Å². The first-order valence-corrected chi connectivity index (χ1v) is 12.6. The van der Waals surface area contributed by atoms with Crippen molar-refractivity contribution in [3.63, 3.8) is 0 Å². The Morgan fingerprint density at radius 2 is 1.68 bits per heavy atom. The molecular weight excluding hydrogens is 464 g/mol. The number of nitrogens with zero attached hydrogens (tertiary/aromatic N) is 2. The minimum Gasteiger partial charge on any atom is -0.507 e. The Morgan fingerprint density at radius 1 is 0.973 bits per heavy atom. The second kappa shape index (κ2) is 11.4. The van der Waals surface area contributed by atoms with Crippen LogP contribution in [0, 0.1) is 6.92 Å². The Kier molecular flexibility index (Phi) is 8.09. The van der Waals surface area contributed by atoms with Gasteiger partial charge in [-0.05, 0) is 67.9 Å². The number of aliphatic hydroxyl groups is 1. The molecule has 6 nitrogen and oxygen atoms in total. The Balaban J connectivity index is 1.69. The minimum absolute atomic E-state index is 0.116. The number of amides is 1. The summed E-state index contributed by atoms with van der Waals surface area (Å²) in [5.74, 6) is -0.734. The van der Waals surface area contributed by atoms with Crippen molar-refractivity contribution < 1.29 is 19.4 Å². The number of likely N-dealkylation sites (tertiary alicyclic amines) is 1. The van der Waals surface area contributed by atoms with E-state index < -0.39 is 17.7 Å². The van der Waals surface area contributed by atoms with Crippen molar-refractivity contribution in [2.75, 3.05) is 27.2 Å². The lowest BCUT2D eigenvalue weighted by atomic mass is 9.94. The van der Waals surface area contributed by atoms with E-state index in [4.69, 9.17) is 4.74 Å². The van der Waals surface area contributed by atoms with Gasteiger partial charge in [-0.1, -0.05) is 61.5 Å². The number of ether oxygens (including phenoxy) is 1. The van der Waals surface area contributed by atoms with Crippen LogP contribution in [0.3, 0.4) is 0 Å². The third-order valence-electron chi connectivity index (χ3n) is 6.72. The van der Waals surface area contributed by atoms with Gasteiger partial charge in [0.05, 0.1) is 11.6 Å². The number of rotatable bonds is 9. The van der Waals surface area contributed by atoms with Gasteiger partial charge in [-0.25, -0.2) is 0 Å². The van der Waals surface area contributed by atoms with Gasteiger partial charge in [-0.2, -0.15) is 0 Å². The highest BCUT2D eigenvalue weighted by atomic mass is 16.5. The van der Waals surface area contributed by atoms with E-state index in [0.717, 1.165) is 28.7 Å². The molecule has 0 saturated carbocycles. The lowest BCUT2D eigenvalue weighted by Crippen LogP contribution is -2.35. The van der Waals surface area contributed by atoms with E-state index in [9.17, 15) is 14.7 Å². The highest BCUT2D eigenvalue weighted by Crippen LogP contribution is 2.39. The van der Waals surface area contributed by atoms with Crippen LogP contribution in [-0.2, 0) is 22.6 Å². The van der Waals surface area contributed by atoms with Crippen molar-refractivity contribution >= 4 is 17.4 Å². The van der Waals surface area contributed by atoms with E-state index in [0.29, 0.717) is 31.0 Å². The van der Waals surface area contributed by atoms with E-state index in [2.05, 4.69) is 6.92 Å². The number of aryl methyl sites for hydroxylation is 2. The molecule has 0 bridgehead atoms. The number of ketones is 1. The molecule has 1 amide bonds. The second-order valence-corrected chi connectivity index (χ2v) is 9.65. The minimum atomic E-state index is -0.664. The third-order valence-corrected chi connectivity index (χ3v) is 6.72. The molecule has 4 rings (SSSR count). The second-order valence-electron chi connectivity index (χ2n) is 9.65. The van der Waals surface area contributed by atoms with Gasteiger partial charge in [0.1, 0.15) is 18.1 Å². The Hall–Kier alpha value is -3.90. The largest absolute Gasteiger partial charge is 0.507 e. The third kappa shape index (κ3) is 5.75. The van der Waals surface area contributed by atoms with E-state index in [1.165, 1.54) is 0 Å². The lowest BCUT2D eigenvalue weighted by Gasteiger charge is -2.26. The molecule has 3 aromatic rings. The summed E-state index contributed by atoms with van der Waals surface area (Å²) in [6.07, 6.45) is 0.888. The van der Waals surface area contributed by atoms with E-state index in [-0.39, 0.29) is 11.3 Å². The van der Waals surface area contributed by atoms with E-state index in [1.54, 1.807) is 23.1 Å². The first kappa shape index (κ1) is 26.2. The molecule has 3 aromatic carbocycles. The number of benzene rings is 3. The molecule has 1 N–H and O–H groups in total. The number of hydrogen-bond acceptors (Lipinski definition) is 5. The zero-order valence-electron chi connectivity index (χ0n) is 21.9. The summed E-state index contributed by atoms with van der Waals surface area (Å²) in [4.78, 5) is 29.9. The summed E-state index contributed by atoms with van der Waals surface area (Å²) in [5.41, 5.74) is 4.44. The first-order valence-electron chi connectivity index (χ1n) is 12.6.